The number of carbonyl (C=O) groups excluding carboxylic acids is 2. The maximum absolute atomic E-state index is 12.4. The predicted octanol–water partition coefficient (Wildman–Crippen LogP) is 0.752. The van der Waals surface area contributed by atoms with Crippen LogP contribution in [0.25, 0.3) is 0 Å². The number of nitro benzene ring substituents is 1. The summed E-state index contributed by atoms with van der Waals surface area (Å²) in [6.07, 6.45) is 0. The Labute approximate surface area is 138 Å². The van der Waals surface area contributed by atoms with Gasteiger partial charge in [-0.1, -0.05) is 11.6 Å². The minimum atomic E-state index is -0.662. The van der Waals surface area contributed by atoms with Crippen LogP contribution in [0.15, 0.2) is 18.2 Å². The summed E-state index contributed by atoms with van der Waals surface area (Å²) in [7, 11) is 1.45. The highest BCUT2D eigenvalue weighted by molar-refractivity contribution is 6.31. The van der Waals surface area contributed by atoms with E-state index in [0.717, 1.165) is 6.07 Å². The third-order valence-electron chi connectivity index (χ3n) is 3.58. The van der Waals surface area contributed by atoms with E-state index in [0.29, 0.717) is 26.2 Å². The number of amides is 2. The van der Waals surface area contributed by atoms with E-state index in [1.165, 1.54) is 24.1 Å². The number of halogens is 1. The van der Waals surface area contributed by atoms with Gasteiger partial charge in [-0.05, 0) is 12.1 Å². The number of carbonyl (C=O) groups is 2. The number of nitrogens with one attached hydrogen (secondary N) is 1. The molecule has 0 saturated carbocycles. The fourth-order valence-corrected chi connectivity index (χ4v) is 2.50. The zero-order chi connectivity index (χ0) is 17.0. The summed E-state index contributed by atoms with van der Waals surface area (Å²) in [4.78, 5) is 37.8. The second-order valence-corrected chi connectivity index (χ2v) is 5.65. The van der Waals surface area contributed by atoms with E-state index in [1.54, 1.807) is 4.90 Å². The van der Waals surface area contributed by atoms with Crippen molar-refractivity contribution in [2.75, 3.05) is 39.8 Å². The molecule has 2 rings (SSSR count). The van der Waals surface area contributed by atoms with E-state index in [9.17, 15) is 19.7 Å². The van der Waals surface area contributed by atoms with Gasteiger partial charge in [0.25, 0.3) is 11.6 Å². The van der Waals surface area contributed by atoms with Crippen LogP contribution >= 0.6 is 11.6 Å². The van der Waals surface area contributed by atoms with Gasteiger partial charge in [0, 0.05) is 44.3 Å². The van der Waals surface area contributed by atoms with E-state index < -0.39 is 10.8 Å². The van der Waals surface area contributed by atoms with Crippen LogP contribution in [0.5, 0.6) is 0 Å². The van der Waals surface area contributed by atoms with Gasteiger partial charge in [0.05, 0.1) is 11.5 Å². The molecule has 1 fully saturated rings. The first-order valence-electron chi connectivity index (χ1n) is 7.08. The van der Waals surface area contributed by atoms with Crippen LogP contribution in [0.2, 0.25) is 5.02 Å². The molecule has 0 spiro atoms. The lowest BCUT2D eigenvalue weighted by Gasteiger charge is -2.29. The van der Waals surface area contributed by atoms with E-state index in [1.807, 2.05) is 0 Å². The highest BCUT2D eigenvalue weighted by atomic mass is 35.5. The molecule has 0 bridgehead atoms. The van der Waals surface area contributed by atoms with Crippen LogP contribution in [-0.4, -0.2) is 66.3 Å². The number of benzene rings is 1. The van der Waals surface area contributed by atoms with Gasteiger partial charge < -0.3 is 15.1 Å². The van der Waals surface area contributed by atoms with Gasteiger partial charge in [0.1, 0.15) is 5.56 Å². The summed E-state index contributed by atoms with van der Waals surface area (Å²) < 4.78 is 0. The van der Waals surface area contributed by atoms with Gasteiger partial charge >= 0.3 is 0 Å². The summed E-state index contributed by atoms with van der Waals surface area (Å²) >= 11 is 5.73. The first-order chi connectivity index (χ1) is 10.9. The van der Waals surface area contributed by atoms with Crippen molar-refractivity contribution in [3.63, 3.8) is 0 Å². The van der Waals surface area contributed by atoms with E-state index in [2.05, 4.69) is 5.32 Å². The Bertz CT molecular complexity index is 631. The Morgan fingerprint density at radius 1 is 1.39 bits per heavy atom. The zero-order valence-electron chi connectivity index (χ0n) is 12.6. The molecule has 1 saturated heterocycles. The molecule has 1 aliphatic heterocycles. The van der Waals surface area contributed by atoms with Crippen molar-refractivity contribution < 1.29 is 14.5 Å². The quantitative estimate of drug-likeness (QED) is 0.644. The summed E-state index contributed by atoms with van der Waals surface area (Å²) in [6.45, 7) is 2.47. The Morgan fingerprint density at radius 3 is 2.65 bits per heavy atom. The highest BCUT2D eigenvalue weighted by Gasteiger charge is 2.26. The molecule has 8 nitrogen and oxygen atoms in total. The van der Waals surface area contributed by atoms with Gasteiger partial charge in [0.2, 0.25) is 5.91 Å². The van der Waals surface area contributed by atoms with Crippen molar-refractivity contribution in [3.05, 3.63) is 38.9 Å². The van der Waals surface area contributed by atoms with Crippen LogP contribution in [-0.2, 0) is 4.79 Å². The molecule has 2 amide bonds. The van der Waals surface area contributed by atoms with Crippen molar-refractivity contribution >= 4 is 29.1 Å². The maximum atomic E-state index is 12.4. The summed E-state index contributed by atoms with van der Waals surface area (Å²) in [5, 5.41) is 14.4. The van der Waals surface area contributed by atoms with Crippen molar-refractivity contribution in [2.45, 2.75) is 0 Å². The number of hydrogen-bond donors (Lipinski definition) is 1. The number of piperazine rings is 1. The molecule has 0 aliphatic carbocycles. The monoisotopic (exact) mass is 340 g/mol. The number of rotatable bonds is 4. The molecule has 23 heavy (non-hydrogen) atoms. The molecule has 124 valence electrons. The molecule has 1 aliphatic rings. The molecule has 0 radical (unpaired) electrons. The molecule has 9 heteroatoms. The fourth-order valence-electron chi connectivity index (χ4n) is 2.33. The van der Waals surface area contributed by atoms with E-state index >= 15 is 0 Å². The molecular formula is C14H17ClN4O4. The van der Waals surface area contributed by atoms with Gasteiger partial charge in [-0.2, -0.15) is 0 Å². The summed E-state index contributed by atoms with van der Waals surface area (Å²) in [5.74, 6) is -0.768. The molecule has 1 heterocycles. The second-order valence-electron chi connectivity index (χ2n) is 5.21. The Balaban J connectivity index is 2.10. The largest absolute Gasteiger partial charge is 0.339 e. The van der Waals surface area contributed by atoms with Crippen molar-refractivity contribution in [1.29, 1.82) is 0 Å². The first-order valence-corrected chi connectivity index (χ1v) is 7.46. The maximum Gasteiger partial charge on any atom is 0.283 e. The smallest absolute Gasteiger partial charge is 0.283 e. The van der Waals surface area contributed by atoms with Crippen molar-refractivity contribution in [1.82, 2.24) is 15.1 Å². The van der Waals surface area contributed by atoms with Gasteiger partial charge in [-0.25, -0.2) is 0 Å². The van der Waals surface area contributed by atoms with Crippen LogP contribution in [0, 0.1) is 10.1 Å². The van der Waals surface area contributed by atoms with Crippen LogP contribution < -0.4 is 5.32 Å². The Morgan fingerprint density at radius 2 is 2.04 bits per heavy atom. The van der Waals surface area contributed by atoms with Gasteiger partial charge in [-0.3, -0.25) is 19.7 Å². The molecule has 1 N–H and O–H groups in total. The molecule has 1 aromatic carbocycles. The minimum absolute atomic E-state index is 0.0880. The zero-order valence-corrected chi connectivity index (χ0v) is 13.4. The highest BCUT2D eigenvalue weighted by Crippen LogP contribution is 2.24. The lowest BCUT2D eigenvalue weighted by Crippen LogP contribution is -2.49. The predicted molar refractivity (Wildman–Crippen MR) is 84.5 cm³/mol. The van der Waals surface area contributed by atoms with Gasteiger partial charge in [-0.15, -0.1) is 0 Å². The SMILES string of the molecule is CN(CC(=O)N1CCNCC1)C(=O)c1ccc(Cl)cc1[N+](=O)[O-]. The number of nitro groups is 1. The van der Waals surface area contributed by atoms with E-state index in [-0.39, 0.29) is 28.7 Å². The van der Waals surface area contributed by atoms with Gasteiger partial charge in [0.15, 0.2) is 0 Å². The number of hydrogen-bond acceptors (Lipinski definition) is 5. The Hall–Kier alpha value is -2.19. The summed E-state index contributed by atoms with van der Waals surface area (Å²) in [6, 6.07) is 3.84. The Kier molecular flexibility index (Phi) is 5.51. The first kappa shape index (κ1) is 17.2. The van der Waals surface area contributed by atoms with Crippen molar-refractivity contribution in [2.24, 2.45) is 0 Å². The molecule has 0 atom stereocenters. The second kappa shape index (κ2) is 7.38. The summed E-state index contributed by atoms with van der Waals surface area (Å²) in [5.41, 5.74) is -0.459. The third-order valence-corrected chi connectivity index (χ3v) is 3.81. The minimum Gasteiger partial charge on any atom is -0.339 e. The standard InChI is InChI=1S/C14H17ClN4O4/c1-17(9-13(20)18-6-4-16-5-7-18)14(21)11-3-2-10(15)8-12(11)19(22)23/h2-3,8,16H,4-7,9H2,1H3. The molecule has 0 unspecified atom stereocenters. The lowest BCUT2D eigenvalue weighted by molar-refractivity contribution is -0.385. The number of nitrogens with zero attached hydrogens (tertiary/aromatic N) is 3. The fraction of sp³-hybridized carbons (Fsp3) is 0.429. The number of likely N-dealkylation sites (N-methyl/N-ethyl adjacent to an activating group) is 1. The molecular weight excluding hydrogens is 324 g/mol. The molecule has 1 aromatic rings. The average Bonchev–Trinajstić information content (AvgIpc) is 2.54. The lowest BCUT2D eigenvalue weighted by atomic mass is 10.1. The average molecular weight is 341 g/mol. The van der Waals surface area contributed by atoms with Crippen LogP contribution in [0.1, 0.15) is 10.4 Å². The van der Waals surface area contributed by atoms with E-state index in [4.69, 9.17) is 11.6 Å². The molecule has 0 aromatic heterocycles. The topological polar surface area (TPSA) is 95.8 Å². The van der Waals surface area contributed by atoms with Crippen LogP contribution in [0.4, 0.5) is 5.69 Å². The normalized spacial score (nSPS) is 14.4. The third kappa shape index (κ3) is 4.17. The van der Waals surface area contributed by atoms with Crippen molar-refractivity contribution in [3.8, 4) is 0 Å². The van der Waals surface area contributed by atoms with Crippen LogP contribution in [0.3, 0.4) is 0 Å².